The van der Waals surface area contributed by atoms with Crippen LogP contribution in [0.15, 0.2) is 24.3 Å². The maximum atomic E-state index is 12.0. The molecule has 0 heterocycles. The van der Waals surface area contributed by atoms with Crippen LogP contribution in [0.25, 0.3) is 0 Å². The first-order chi connectivity index (χ1) is 9.94. The number of benzene rings is 1. The number of ketones is 1. The number of hydrogen-bond acceptors (Lipinski definition) is 4. The molecule has 1 fully saturated rings. The highest BCUT2D eigenvalue weighted by atomic mass is 35.5. The zero-order chi connectivity index (χ0) is 15.5. The molecule has 1 unspecified atom stereocenters. The highest BCUT2D eigenvalue weighted by molar-refractivity contribution is 5.94. The molecular formula is C16H23ClN2O3. The van der Waals surface area contributed by atoms with Crippen molar-refractivity contribution in [3.05, 3.63) is 29.8 Å². The molecule has 1 aliphatic carbocycles. The van der Waals surface area contributed by atoms with Crippen molar-refractivity contribution < 1.29 is 14.3 Å². The van der Waals surface area contributed by atoms with Crippen LogP contribution in [0.5, 0.6) is 5.75 Å². The maximum Gasteiger partial charge on any atom is 0.258 e. The van der Waals surface area contributed by atoms with Gasteiger partial charge in [0.25, 0.3) is 5.91 Å². The molecule has 0 aromatic heterocycles. The minimum Gasteiger partial charge on any atom is -0.484 e. The van der Waals surface area contributed by atoms with E-state index in [0.717, 1.165) is 12.8 Å². The summed E-state index contributed by atoms with van der Waals surface area (Å²) in [5, 5.41) is 2.96. The van der Waals surface area contributed by atoms with Gasteiger partial charge in [-0.2, -0.15) is 0 Å². The molecule has 0 bridgehead atoms. The molecule has 6 heteroatoms. The van der Waals surface area contributed by atoms with Crippen LogP contribution in [0.1, 0.15) is 37.0 Å². The molecule has 22 heavy (non-hydrogen) atoms. The second kappa shape index (κ2) is 7.61. The molecule has 1 atom stereocenters. The third kappa shape index (κ3) is 4.71. The van der Waals surface area contributed by atoms with Crippen molar-refractivity contribution in [3.63, 3.8) is 0 Å². The second-order valence-corrected chi connectivity index (χ2v) is 5.82. The van der Waals surface area contributed by atoms with Gasteiger partial charge >= 0.3 is 0 Å². The van der Waals surface area contributed by atoms with E-state index in [1.54, 1.807) is 24.3 Å². The van der Waals surface area contributed by atoms with E-state index >= 15 is 0 Å². The predicted molar refractivity (Wildman–Crippen MR) is 87.5 cm³/mol. The summed E-state index contributed by atoms with van der Waals surface area (Å²) < 4.78 is 5.44. The van der Waals surface area contributed by atoms with Crippen LogP contribution in [0.4, 0.5) is 0 Å². The number of nitrogens with one attached hydrogen (secondary N) is 1. The van der Waals surface area contributed by atoms with E-state index in [9.17, 15) is 9.59 Å². The molecular weight excluding hydrogens is 304 g/mol. The summed E-state index contributed by atoms with van der Waals surface area (Å²) in [5.41, 5.74) is 5.99. The fourth-order valence-corrected chi connectivity index (χ4v) is 2.35. The van der Waals surface area contributed by atoms with Gasteiger partial charge in [-0.15, -0.1) is 12.4 Å². The van der Waals surface area contributed by atoms with Gasteiger partial charge in [0, 0.05) is 12.1 Å². The van der Waals surface area contributed by atoms with Crippen molar-refractivity contribution in [2.45, 2.75) is 32.2 Å². The lowest BCUT2D eigenvalue weighted by atomic mass is 9.96. The van der Waals surface area contributed by atoms with Gasteiger partial charge in [-0.05, 0) is 44.7 Å². The number of carbonyl (C=O) groups excluding carboxylic acids is 2. The predicted octanol–water partition coefficient (Wildman–Crippen LogP) is 1.93. The number of carbonyl (C=O) groups is 2. The third-order valence-corrected chi connectivity index (χ3v) is 3.94. The average Bonchev–Trinajstić information content (AvgIpc) is 3.30. The SMILES string of the molecule is CC(=O)c1cccc(OCC(=O)NC(C)(CN)C2CC2)c1.Cl. The number of rotatable bonds is 7. The van der Waals surface area contributed by atoms with Crippen molar-refractivity contribution in [1.82, 2.24) is 5.32 Å². The first-order valence-electron chi connectivity index (χ1n) is 7.19. The van der Waals surface area contributed by atoms with Gasteiger partial charge in [0.2, 0.25) is 0 Å². The van der Waals surface area contributed by atoms with Gasteiger partial charge in [-0.3, -0.25) is 9.59 Å². The van der Waals surface area contributed by atoms with Gasteiger partial charge in [0.05, 0.1) is 5.54 Å². The molecule has 1 aromatic carbocycles. The lowest BCUT2D eigenvalue weighted by Gasteiger charge is -2.29. The summed E-state index contributed by atoms with van der Waals surface area (Å²) in [6, 6.07) is 6.81. The van der Waals surface area contributed by atoms with Crippen LogP contribution >= 0.6 is 12.4 Å². The van der Waals surface area contributed by atoms with E-state index in [1.807, 2.05) is 6.92 Å². The summed E-state index contributed by atoms with van der Waals surface area (Å²) in [6.45, 7) is 3.81. The molecule has 0 saturated heterocycles. The maximum absolute atomic E-state index is 12.0. The summed E-state index contributed by atoms with van der Waals surface area (Å²) in [4.78, 5) is 23.3. The topological polar surface area (TPSA) is 81.4 Å². The molecule has 1 aromatic rings. The number of hydrogen-bond donors (Lipinski definition) is 2. The Morgan fingerprint density at radius 1 is 1.41 bits per heavy atom. The molecule has 0 radical (unpaired) electrons. The average molecular weight is 327 g/mol. The summed E-state index contributed by atoms with van der Waals surface area (Å²) in [6.07, 6.45) is 2.21. The van der Waals surface area contributed by atoms with Crippen molar-refractivity contribution in [2.75, 3.05) is 13.2 Å². The molecule has 5 nitrogen and oxygen atoms in total. The van der Waals surface area contributed by atoms with Crippen molar-refractivity contribution in [1.29, 1.82) is 0 Å². The van der Waals surface area contributed by atoms with Crippen LogP contribution in [0, 0.1) is 5.92 Å². The van der Waals surface area contributed by atoms with Crippen molar-refractivity contribution in [2.24, 2.45) is 11.7 Å². The van der Waals surface area contributed by atoms with Crippen LogP contribution in [-0.2, 0) is 4.79 Å². The summed E-state index contributed by atoms with van der Waals surface area (Å²) in [5.74, 6) is 0.753. The first-order valence-corrected chi connectivity index (χ1v) is 7.19. The number of amides is 1. The fraction of sp³-hybridized carbons (Fsp3) is 0.500. The van der Waals surface area contributed by atoms with E-state index in [4.69, 9.17) is 10.5 Å². The van der Waals surface area contributed by atoms with E-state index in [0.29, 0.717) is 23.8 Å². The number of halogens is 1. The Morgan fingerprint density at radius 3 is 2.64 bits per heavy atom. The van der Waals surface area contributed by atoms with Crippen LogP contribution < -0.4 is 15.8 Å². The van der Waals surface area contributed by atoms with Crippen LogP contribution in [0.3, 0.4) is 0 Å². The number of ether oxygens (including phenoxy) is 1. The minimum absolute atomic E-state index is 0. The smallest absolute Gasteiger partial charge is 0.258 e. The van der Waals surface area contributed by atoms with E-state index in [2.05, 4.69) is 5.32 Å². The standard InChI is InChI=1S/C16H22N2O3.ClH/c1-11(19)12-4-3-5-14(8-12)21-9-15(20)18-16(2,10-17)13-6-7-13;/h3-5,8,13H,6-7,9-10,17H2,1-2H3,(H,18,20);1H. The lowest BCUT2D eigenvalue weighted by Crippen LogP contribution is -2.54. The van der Waals surface area contributed by atoms with E-state index in [1.165, 1.54) is 6.92 Å². The van der Waals surface area contributed by atoms with Crippen LogP contribution in [-0.4, -0.2) is 30.4 Å². The Kier molecular flexibility index (Phi) is 6.38. The molecule has 122 valence electrons. The Bertz CT molecular complexity index is 546. The lowest BCUT2D eigenvalue weighted by molar-refractivity contribution is -0.125. The molecule has 2 rings (SSSR count). The Balaban J connectivity index is 0.00000242. The van der Waals surface area contributed by atoms with Gasteiger partial charge < -0.3 is 15.8 Å². The van der Waals surface area contributed by atoms with Gasteiger partial charge in [-0.1, -0.05) is 12.1 Å². The monoisotopic (exact) mass is 326 g/mol. The summed E-state index contributed by atoms with van der Waals surface area (Å²) in [7, 11) is 0. The van der Waals surface area contributed by atoms with Gasteiger partial charge in [0.15, 0.2) is 12.4 Å². The number of nitrogens with two attached hydrogens (primary N) is 1. The Labute approximate surface area is 137 Å². The fourth-order valence-electron chi connectivity index (χ4n) is 2.35. The first kappa shape index (κ1) is 18.5. The molecule has 1 amide bonds. The third-order valence-electron chi connectivity index (χ3n) is 3.94. The van der Waals surface area contributed by atoms with Crippen LogP contribution in [0.2, 0.25) is 0 Å². The summed E-state index contributed by atoms with van der Waals surface area (Å²) >= 11 is 0. The number of Topliss-reactive ketones (excluding diaryl/α,β-unsaturated/α-hetero) is 1. The molecule has 0 spiro atoms. The van der Waals surface area contributed by atoms with Gasteiger partial charge in [-0.25, -0.2) is 0 Å². The Hall–Kier alpha value is -1.59. The normalized spacial score (nSPS) is 16.1. The molecule has 0 aliphatic heterocycles. The second-order valence-electron chi connectivity index (χ2n) is 5.82. The van der Waals surface area contributed by atoms with E-state index < -0.39 is 0 Å². The molecule has 1 aliphatic rings. The Morgan fingerprint density at radius 2 is 2.09 bits per heavy atom. The zero-order valence-corrected chi connectivity index (χ0v) is 13.7. The quantitative estimate of drug-likeness (QED) is 0.750. The van der Waals surface area contributed by atoms with Crippen molar-refractivity contribution in [3.8, 4) is 5.75 Å². The molecule has 1 saturated carbocycles. The van der Waals surface area contributed by atoms with Gasteiger partial charge in [0.1, 0.15) is 5.75 Å². The van der Waals surface area contributed by atoms with E-state index in [-0.39, 0.29) is 36.2 Å². The largest absolute Gasteiger partial charge is 0.484 e. The minimum atomic E-state index is -0.346. The zero-order valence-electron chi connectivity index (χ0n) is 12.9. The highest BCUT2D eigenvalue weighted by Crippen LogP contribution is 2.38. The van der Waals surface area contributed by atoms with Crippen molar-refractivity contribution >= 4 is 24.1 Å². The molecule has 3 N–H and O–H groups in total. The highest BCUT2D eigenvalue weighted by Gasteiger charge is 2.41.